The van der Waals surface area contributed by atoms with Crippen molar-refractivity contribution >= 4 is 5.91 Å². The van der Waals surface area contributed by atoms with Crippen molar-refractivity contribution in [1.82, 2.24) is 5.32 Å². The highest BCUT2D eigenvalue weighted by atomic mass is 16.7. The average Bonchev–Trinajstić information content (AvgIpc) is 3.19. The number of rotatable bonds is 33. The van der Waals surface area contributed by atoms with Crippen LogP contribution in [0.3, 0.4) is 0 Å². The van der Waals surface area contributed by atoms with Crippen LogP contribution in [0, 0.1) is 0 Å². The number of nitrogens with one attached hydrogen (secondary N) is 1. The van der Waals surface area contributed by atoms with Gasteiger partial charge in [0, 0.05) is 6.42 Å². The van der Waals surface area contributed by atoms with Crippen molar-refractivity contribution in [2.24, 2.45) is 0 Å². The average molecular weight is 808 g/mol. The van der Waals surface area contributed by atoms with Crippen molar-refractivity contribution in [2.45, 2.75) is 242 Å². The fourth-order valence-electron chi connectivity index (χ4n) is 7.59. The highest BCUT2D eigenvalue weighted by Gasteiger charge is 2.51. The number of aliphatic hydroxyl groups excluding tert-OH is 8. The highest BCUT2D eigenvalue weighted by Crippen LogP contribution is 2.30. The van der Waals surface area contributed by atoms with Crippen molar-refractivity contribution in [3.63, 3.8) is 0 Å². The van der Waals surface area contributed by atoms with Crippen LogP contribution in [-0.2, 0) is 23.7 Å². The molecule has 2 saturated heterocycles. The summed E-state index contributed by atoms with van der Waals surface area (Å²) in [6.45, 7) is 2.79. The lowest BCUT2D eigenvalue weighted by molar-refractivity contribution is -0.359. The lowest BCUT2D eigenvalue weighted by atomic mass is 9.97. The van der Waals surface area contributed by atoms with Crippen LogP contribution in [0.1, 0.15) is 168 Å². The van der Waals surface area contributed by atoms with Crippen molar-refractivity contribution < 1.29 is 64.6 Å². The van der Waals surface area contributed by atoms with Gasteiger partial charge in [0.25, 0.3) is 0 Å². The van der Waals surface area contributed by atoms with E-state index in [1.807, 2.05) is 0 Å². The van der Waals surface area contributed by atoms with E-state index in [-0.39, 0.29) is 12.5 Å². The topological polar surface area (TPSA) is 228 Å². The van der Waals surface area contributed by atoms with Crippen LogP contribution in [0.2, 0.25) is 0 Å². The number of hydrogen-bond acceptors (Lipinski definition) is 13. The van der Waals surface area contributed by atoms with Crippen LogP contribution in [0.5, 0.6) is 0 Å². The first-order valence-electron chi connectivity index (χ1n) is 22.3. The minimum absolute atomic E-state index is 0.209. The van der Waals surface area contributed by atoms with E-state index in [2.05, 4.69) is 19.2 Å². The molecule has 14 nitrogen and oxygen atoms in total. The van der Waals surface area contributed by atoms with Crippen LogP contribution < -0.4 is 5.32 Å². The molecule has 1 amide bonds. The van der Waals surface area contributed by atoms with Gasteiger partial charge in [-0.1, -0.05) is 149 Å². The fraction of sp³-hybridized carbons (Fsp3) is 0.976. The first kappa shape index (κ1) is 51.1. The molecule has 0 aliphatic carbocycles. The molecule has 0 aromatic carbocycles. The lowest BCUT2D eigenvalue weighted by Crippen LogP contribution is -2.65. The summed E-state index contributed by atoms with van der Waals surface area (Å²) in [6, 6.07) is -0.817. The smallest absolute Gasteiger partial charge is 0.220 e. The Hall–Kier alpha value is -1.01. The van der Waals surface area contributed by atoms with Gasteiger partial charge in [-0.05, 0) is 12.8 Å². The number of hydrogen-bond donors (Lipinski definition) is 9. The maximum absolute atomic E-state index is 13.1. The number of carbonyl (C=O) groups is 1. The second kappa shape index (κ2) is 30.9. The molecule has 2 heterocycles. The molecule has 2 aliphatic heterocycles. The predicted molar refractivity (Wildman–Crippen MR) is 212 cm³/mol. The van der Waals surface area contributed by atoms with E-state index in [9.17, 15) is 45.6 Å². The normalized spacial score (nSPS) is 29.3. The molecule has 56 heavy (non-hydrogen) atoms. The van der Waals surface area contributed by atoms with Crippen LogP contribution >= 0.6 is 0 Å². The lowest BCUT2D eigenvalue weighted by Gasteiger charge is -2.46. The molecule has 12 unspecified atom stereocenters. The summed E-state index contributed by atoms with van der Waals surface area (Å²) >= 11 is 0. The number of aliphatic hydroxyl groups is 8. The van der Waals surface area contributed by atoms with Gasteiger partial charge in [0.15, 0.2) is 12.6 Å². The molecular formula is C42H81NO13. The van der Waals surface area contributed by atoms with Gasteiger partial charge in [0.2, 0.25) is 5.91 Å². The summed E-state index contributed by atoms with van der Waals surface area (Å²) < 4.78 is 22.6. The number of carbonyl (C=O) groups excluding carboxylic acids is 1. The second-order valence-electron chi connectivity index (χ2n) is 16.2. The third kappa shape index (κ3) is 19.4. The molecule has 14 heteroatoms. The second-order valence-corrected chi connectivity index (χ2v) is 16.2. The zero-order chi connectivity index (χ0) is 41.1. The van der Waals surface area contributed by atoms with Gasteiger partial charge in [0.05, 0.1) is 32.0 Å². The van der Waals surface area contributed by atoms with E-state index < -0.39 is 86.8 Å². The summed E-state index contributed by atoms with van der Waals surface area (Å²) in [5.41, 5.74) is 0. The predicted octanol–water partition coefficient (Wildman–Crippen LogP) is 3.88. The van der Waals surface area contributed by atoms with Crippen LogP contribution in [0.15, 0.2) is 0 Å². The van der Waals surface area contributed by atoms with Gasteiger partial charge in [-0.2, -0.15) is 0 Å². The Bertz CT molecular complexity index is 962. The molecule has 12 atom stereocenters. The van der Waals surface area contributed by atoms with E-state index in [4.69, 9.17) is 18.9 Å². The van der Waals surface area contributed by atoms with E-state index in [1.165, 1.54) is 89.9 Å². The molecule has 0 bridgehead atoms. The van der Waals surface area contributed by atoms with Crippen molar-refractivity contribution in [3.8, 4) is 0 Å². The SMILES string of the molecule is CCCCCCCCCCCCCCCCC(=O)NC(COC1OC(CO)C(OC2OC(CO)C(O)C(O)C2O)C(O)C1O)C(O)CCCCCCCCCC. The van der Waals surface area contributed by atoms with Crippen molar-refractivity contribution in [2.75, 3.05) is 19.8 Å². The van der Waals surface area contributed by atoms with Crippen LogP contribution in [0.25, 0.3) is 0 Å². The zero-order valence-corrected chi connectivity index (χ0v) is 34.6. The first-order chi connectivity index (χ1) is 27.1. The van der Waals surface area contributed by atoms with Gasteiger partial charge in [-0.3, -0.25) is 4.79 Å². The Labute approximate surface area is 336 Å². The molecule has 0 spiro atoms. The Kier molecular flexibility index (Phi) is 28.3. The Morgan fingerprint density at radius 2 is 1.02 bits per heavy atom. The third-order valence-corrected chi connectivity index (χ3v) is 11.3. The first-order valence-corrected chi connectivity index (χ1v) is 22.3. The summed E-state index contributed by atoms with van der Waals surface area (Å²) in [7, 11) is 0. The van der Waals surface area contributed by atoms with E-state index in [0.29, 0.717) is 12.8 Å². The molecule has 9 N–H and O–H groups in total. The Morgan fingerprint density at radius 3 is 1.52 bits per heavy atom. The van der Waals surface area contributed by atoms with Crippen LogP contribution in [-0.4, -0.2) is 140 Å². The summed E-state index contributed by atoms with van der Waals surface area (Å²) in [5.74, 6) is -0.209. The van der Waals surface area contributed by atoms with E-state index >= 15 is 0 Å². The summed E-state index contributed by atoms with van der Waals surface area (Å²) in [6.07, 6.45) is 9.89. The van der Waals surface area contributed by atoms with Gasteiger partial charge in [0.1, 0.15) is 48.8 Å². The number of unbranched alkanes of at least 4 members (excludes halogenated alkanes) is 20. The van der Waals surface area contributed by atoms with E-state index in [0.717, 1.165) is 51.4 Å². The quantitative estimate of drug-likeness (QED) is 0.0430. The standard InChI is InChI=1S/C42H81NO13/c1-3-5-7-9-11-13-14-15-16-17-18-20-22-24-26-34(47)43-30(31(46)25-23-21-19-12-10-8-6-4-2)29-53-41-39(52)37(50)40(33(28-45)55-41)56-42-38(51)36(49)35(48)32(27-44)54-42/h30-33,35-42,44-46,48-52H,3-29H2,1-2H3,(H,43,47). The van der Waals surface area contributed by atoms with E-state index in [1.54, 1.807) is 0 Å². The molecule has 0 radical (unpaired) electrons. The molecule has 0 saturated carbocycles. The molecule has 0 aromatic rings. The fourth-order valence-corrected chi connectivity index (χ4v) is 7.59. The number of amides is 1. The van der Waals surface area contributed by atoms with Gasteiger partial charge in [-0.15, -0.1) is 0 Å². The third-order valence-electron chi connectivity index (χ3n) is 11.3. The Morgan fingerprint density at radius 1 is 0.571 bits per heavy atom. The monoisotopic (exact) mass is 808 g/mol. The van der Waals surface area contributed by atoms with Crippen LogP contribution in [0.4, 0.5) is 0 Å². The summed E-state index contributed by atoms with van der Waals surface area (Å²) in [4.78, 5) is 13.1. The molecular weight excluding hydrogens is 726 g/mol. The van der Waals surface area contributed by atoms with Crippen molar-refractivity contribution in [3.05, 3.63) is 0 Å². The molecule has 332 valence electrons. The highest BCUT2D eigenvalue weighted by molar-refractivity contribution is 5.76. The molecule has 2 rings (SSSR count). The molecule has 2 fully saturated rings. The number of ether oxygens (including phenoxy) is 4. The minimum Gasteiger partial charge on any atom is -0.394 e. The van der Waals surface area contributed by atoms with Crippen molar-refractivity contribution in [1.29, 1.82) is 0 Å². The van der Waals surface area contributed by atoms with Gasteiger partial charge < -0.3 is 65.1 Å². The van der Waals surface area contributed by atoms with Gasteiger partial charge in [-0.25, -0.2) is 0 Å². The zero-order valence-electron chi connectivity index (χ0n) is 34.6. The largest absolute Gasteiger partial charge is 0.394 e. The molecule has 0 aromatic heterocycles. The Balaban J connectivity index is 1.87. The van der Waals surface area contributed by atoms with Gasteiger partial charge >= 0.3 is 0 Å². The minimum atomic E-state index is -1.78. The summed E-state index contributed by atoms with van der Waals surface area (Å²) in [5, 5.41) is 86.3. The molecule has 2 aliphatic rings. The maximum Gasteiger partial charge on any atom is 0.220 e. The maximum atomic E-state index is 13.1.